The molecule has 0 radical (unpaired) electrons. The second-order valence-electron chi connectivity index (χ2n) is 12.5. The van der Waals surface area contributed by atoms with Crippen LogP contribution in [-0.4, -0.2) is 38.6 Å². The van der Waals surface area contributed by atoms with E-state index in [4.69, 9.17) is 4.98 Å². The zero-order valence-electron chi connectivity index (χ0n) is 22.8. The van der Waals surface area contributed by atoms with E-state index in [0.29, 0.717) is 30.6 Å². The SMILES string of the molecule is C=C1/C(=C/C=C2\CCC[C@]3(C)[C@@H]([C@H](C)/C=C/[C@H](O)C4(c5nc(CC)cs5)CC4)CC[C@@H]23)C[C@@H](O)C[C@@H]1O. The molecule has 5 rings (SSSR count). The Morgan fingerprint density at radius 1 is 1.19 bits per heavy atom. The van der Waals surface area contributed by atoms with Crippen molar-refractivity contribution in [3.05, 3.63) is 63.7 Å². The Kier molecular flexibility index (Phi) is 7.72. The molecule has 0 aromatic carbocycles. The molecule has 3 N–H and O–H groups in total. The first-order valence-electron chi connectivity index (χ1n) is 14.4. The van der Waals surface area contributed by atoms with Gasteiger partial charge in [0.1, 0.15) is 5.01 Å². The predicted octanol–water partition coefficient (Wildman–Crippen LogP) is 6.43. The molecule has 0 aliphatic heterocycles. The third kappa shape index (κ3) is 5.09. The average Bonchev–Trinajstić information content (AvgIpc) is 3.39. The van der Waals surface area contributed by atoms with Crippen molar-refractivity contribution in [1.82, 2.24) is 4.98 Å². The van der Waals surface area contributed by atoms with E-state index in [2.05, 4.69) is 57.0 Å². The van der Waals surface area contributed by atoms with Gasteiger partial charge < -0.3 is 15.3 Å². The number of thiazole rings is 1. The van der Waals surface area contributed by atoms with Crippen molar-refractivity contribution in [1.29, 1.82) is 0 Å². The fourth-order valence-electron chi connectivity index (χ4n) is 7.68. The average molecular weight is 524 g/mol. The van der Waals surface area contributed by atoms with Crippen molar-refractivity contribution in [2.45, 2.75) is 109 Å². The van der Waals surface area contributed by atoms with Crippen LogP contribution in [0.4, 0.5) is 0 Å². The van der Waals surface area contributed by atoms with Crippen LogP contribution >= 0.6 is 11.3 Å². The van der Waals surface area contributed by atoms with Crippen LogP contribution in [0.2, 0.25) is 0 Å². The highest BCUT2D eigenvalue weighted by Gasteiger charge is 2.53. The Labute approximate surface area is 226 Å². The minimum atomic E-state index is -0.636. The molecular weight excluding hydrogens is 478 g/mol. The summed E-state index contributed by atoms with van der Waals surface area (Å²) in [5.41, 5.74) is 4.52. The first-order chi connectivity index (χ1) is 17.7. The standard InChI is InChI=1S/C32H45NO3S/c1-5-24-19-37-30(33-24)32(15-16-32)29(36)13-8-20(2)26-11-12-27-22(7-6-14-31(26,27)4)9-10-23-17-25(34)18-28(35)21(23)3/h8-10,13,19-20,25-29,34-36H,3,5-7,11-12,14-18H2,1-2,4H3/b13-8+,22-9+,23-10+/t20-,25-,26-,27+,28+,29+,31-/m1/s1. The summed E-state index contributed by atoms with van der Waals surface area (Å²) in [5.74, 6) is 1.60. The molecule has 4 saturated carbocycles. The second-order valence-corrected chi connectivity index (χ2v) is 13.4. The Balaban J connectivity index is 1.28. The monoisotopic (exact) mass is 523 g/mol. The molecule has 0 spiro atoms. The highest BCUT2D eigenvalue weighted by Crippen LogP contribution is 2.60. The van der Waals surface area contributed by atoms with Crippen LogP contribution in [0.15, 0.2) is 53.0 Å². The number of aryl methyl sites for hydroxylation is 1. The lowest BCUT2D eigenvalue weighted by molar-refractivity contribution is 0.0862. The molecule has 0 unspecified atom stereocenters. The van der Waals surface area contributed by atoms with E-state index in [1.807, 2.05) is 0 Å². The van der Waals surface area contributed by atoms with Gasteiger partial charge in [0.2, 0.25) is 0 Å². The molecule has 4 fully saturated rings. The summed E-state index contributed by atoms with van der Waals surface area (Å²) in [5, 5.41) is 34.8. The third-order valence-corrected chi connectivity index (χ3v) is 11.3. The molecule has 0 amide bonds. The van der Waals surface area contributed by atoms with Gasteiger partial charge in [0.15, 0.2) is 0 Å². The van der Waals surface area contributed by atoms with Crippen LogP contribution in [-0.2, 0) is 11.8 Å². The van der Waals surface area contributed by atoms with E-state index in [9.17, 15) is 15.3 Å². The van der Waals surface area contributed by atoms with Gasteiger partial charge in [-0.1, -0.05) is 57.2 Å². The Bertz CT molecular complexity index is 1100. The lowest BCUT2D eigenvalue weighted by atomic mass is 9.61. The number of allylic oxidation sites excluding steroid dienone is 4. The maximum Gasteiger partial charge on any atom is 0.102 e. The molecule has 1 heterocycles. The highest BCUT2D eigenvalue weighted by molar-refractivity contribution is 7.09. The molecule has 1 aromatic heterocycles. The van der Waals surface area contributed by atoms with Gasteiger partial charge in [0.25, 0.3) is 0 Å². The van der Waals surface area contributed by atoms with Gasteiger partial charge in [0.05, 0.1) is 29.4 Å². The molecule has 5 heteroatoms. The molecule has 0 bridgehead atoms. The van der Waals surface area contributed by atoms with E-state index >= 15 is 0 Å². The molecule has 4 nitrogen and oxygen atoms in total. The van der Waals surface area contributed by atoms with Gasteiger partial charge in [-0.3, -0.25) is 0 Å². The fourth-order valence-corrected chi connectivity index (χ4v) is 8.87. The first-order valence-corrected chi connectivity index (χ1v) is 15.3. The predicted molar refractivity (Wildman–Crippen MR) is 151 cm³/mol. The zero-order valence-corrected chi connectivity index (χ0v) is 23.6. The van der Waals surface area contributed by atoms with Gasteiger partial charge >= 0.3 is 0 Å². The Hall–Kier alpha value is -1.53. The van der Waals surface area contributed by atoms with E-state index in [1.54, 1.807) is 11.3 Å². The Morgan fingerprint density at radius 2 is 1.97 bits per heavy atom. The van der Waals surface area contributed by atoms with Crippen molar-refractivity contribution >= 4 is 11.3 Å². The molecule has 4 aliphatic carbocycles. The minimum absolute atomic E-state index is 0.158. The topological polar surface area (TPSA) is 73.6 Å². The van der Waals surface area contributed by atoms with E-state index in [-0.39, 0.29) is 10.8 Å². The molecule has 37 heavy (non-hydrogen) atoms. The number of hydrogen-bond acceptors (Lipinski definition) is 5. The number of rotatable bonds is 7. The largest absolute Gasteiger partial charge is 0.393 e. The maximum absolute atomic E-state index is 11.2. The number of hydrogen-bond donors (Lipinski definition) is 3. The summed E-state index contributed by atoms with van der Waals surface area (Å²) in [7, 11) is 0. The molecule has 7 atom stereocenters. The van der Waals surface area contributed by atoms with Gasteiger partial charge in [-0.15, -0.1) is 11.3 Å². The van der Waals surface area contributed by atoms with E-state index in [0.717, 1.165) is 47.5 Å². The summed E-state index contributed by atoms with van der Waals surface area (Å²) in [4.78, 5) is 4.81. The van der Waals surface area contributed by atoms with Crippen LogP contribution in [0.5, 0.6) is 0 Å². The van der Waals surface area contributed by atoms with Crippen LogP contribution < -0.4 is 0 Å². The third-order valence-electron chi connectivity index (χ3n) is 10.2. The molecule has 4 aliphatic rings. The minimum Gasteiger partial charge on any atom is -0.393 e. The smallest absolute Gasteiger partial charge is 0.102 e. The lowest BCUT2D eigenvalue weighted by Crippen LogP contribution is -2.35. The quantitative estimate of drug-likeness (QED) is 0.360. The van der Waals surface area contributed by atoms with Crippen LogP contribution in [0.3, 0.4) is 0 Å². The number of aromatic nitrogens is 1. The fraction of sp³-hybridized carbons (Fsp3) is 0.656. The molecule has 0 saturated heterocycles. The molecular formula is C32H45NO3S. The first kappa shape index (κ1) is 27.1. The lowest BCUT2D eigenvalue weighted by Gasteiger charge is -2.44. The highest BCUT2D eigenvalue weighted by atomic mass is 32.1. The Morgan fingerprint density at radius 3 is 2.68 bits per heavy atom. The molecule has 202 valence electrons. The van der Waals surface area contributed by atoms with Crippen molar-refractivity contribution in [2.75, 3.05) is 0 Å². The van der Waals surface area contributed by atoms with Crippen LogP contribution in [0, 0.1) is 23.2 Å². The van der Waals surface area contributed by atoms with Crippen molar-refractivity contribution in [3.8, 4) is 0 Å². The zero-order chi connectivity index (χ0) is 26.4. The number of aliphatic hydroxyl groups excluding tert-OH is 3. The van der Waals surface area contributed by atoms with Crippen LogP contribution in [0.1, 0.15) is 89.3 Å². The normalized spacial score (nSPS) is 37.3. The second kappa shape index (κ2) is 10.6. The van der Waals surface area contributed by atoms with Gasteiger partial charge in [-0.05, 0) is 92.1 Å². The number of aliphatic hydroxyl groups is 3. The van der Waals surface area contributed by atoms with Crippen molar-refractivity contribution < 1.29 is 15.3 Å². The summed E-state index contributed by atoms with van der Waals surface area (Å²) in [6.07, 6.45) is 17.2. The van der Waals surface area contributed by atoms with Crippen molar-refractivity contribution in [3.63, 3.8) is 0 Å². The van der Waals surface area contributed by atoms with Crippen LogP contribution in [0.25, 0.3) is 0 Å². The summed E-state index contributed by atoms with van der Waals surface area (Å²) in [6, 6.07) is 0. The van der Waals surface area contributed by atoms with Crippen molar-refractivity contribution in [2.24, 2.45) is 23.2 Å². The number of fused-ring (bicyclic) bond motifs is 1. The summed E-state index contributed by atoms with van der Waals surface area (Å²) >= 11 is 1.71. The maximum atomic E-state index is 11.2. The van der Waals surface area contributed by atoms with E-state index < -0.39 is 18.3 Å². The summed E-state index contributed by atoms with van der Waals surface area (Å²) < 4.78 is 0. The van der Waals surface area contributed by atoms with Gasteiger partial charge in [-0.25, -0.2) is 4.98 Å². The van der Waals surface area contributed by atoms with E-state index in [1.165, 1.54) is 31.3 Å². The number of nitrogens with zero attached hydrogens (tertiary/aromatic N) is 1. The van der Waals surface area contributed by atoms with Gasteiger partial charge in [-0.2, -0.15) is 0 Å². The van der Waals surface area contributed by atoms with Gasteiger partial charge in [0, 0.05) is 11.8 Å². The summed E-state index contributed by atoms with van der Waals surface area (Å²) in [6.45, 7) is 11.1. The molecule has 1 aromatic rings.